The van der Waals surface area contributed by atoms with Crippen molar-refractivity contribution in [2.75, 3.05) is 26.9 Å². The van der Waals surface area contributed by atoms with Crippen LogP contribution in [0, 0.1) is 50.2 Å². The fourth-order valence-electron chi connectivity index (χ4n) is 16.1. The van der Waals surface area contributed by atoms with Crippen molar-refractivity contribution >= 4 is 11.9 Å². The van der Waals surface area contributed by atoms with Crippen LogP contribution in [0.1, 0.15) is 113 Å². The summed E-state index contributed by atoms with van der Waals surface area (Å²) in [6, 6.07) is 0. The Morgan fingerprint density at radius 2 is 1.39 bits per heavy atom. The SMILES string of the molecule is COC(=O)[C@H]1O[C@@H](O[C@H]2CC[C@]3(C)[C@H]4CC=C5[C@@H]6CC(C)(C)CC[C@]6(C(=O)O[C@@H]6OC[C@H](O)[C@H](O)[C@H]6O[C@@H]6O[C@@H](C)[C@H](O)[C@@H](O[C@@H]7OC[C@](O)(CO)[C@@H]7O)[C@H]6O)[C@H](O)C[C@@]5(C)[C@]4(C)CC[C@H]3C2(C)C)[C@H](O)[C@@H](O)[C@@H]1O. The largest absolute Gasteiger partial charge is 0.467 e. The second-order valence-corrected chi connectivity index (χ2v) is 25.8. The summed E-state index contributed by atoms with van der Waals surface area (Å²) in [6.07, 6.45) is -19.9. The van der Waals surface area contributed by atoms with Gasteiger partial charge >= 0.3 is 11.9 Å². The van der Waals surface area contributed by atoms with Crippen LogP contribution in [0.2, 0.25) is 0 Å². The summed E-state index contributed by atoms with van der Waals surface area (Å²) in [6.45, 7) is 15.1. The molecule has 0 spiro atoms. The molecule has 22 nitrogen and oxygen atoms in total. The third-order valence-corrected chi connectivity index (χ3v) is 20.9. The Kier molecular flexibility index (Phi) is 15.5. The quantitative estimate of drug-likeness (QED) is 0.0741. The molecule has 22 heteroatoms. The Bertz CT molecular complexity index is 2140. The van der Waals surface area contributed by atoms with E-state index in [4.69, 9.17) is 42.6 Å². The van der Waals surface area contributed by atoms with Gasteiger partial charge in [0.25, 0.3) is 0 Å². The molecule has 4 saturated heterocycles. The molecule has 0 unspecified atom stereocenters. The number of methoxy groups -OCH3 is 1. The highest BCUT2D eigenvalue weighted by molar-refractivity contribution is 5.80. The van der Waals surface area contributed by atoms with Gasteiger partial charge in [0.05, 0.1) is 45.2 Å². The van der Waals surface area contributed by atoms with E-state index in [0.29, 0.717) is 25.7 Å². The first-order chi connectivity index (χ1) is 35.0. The lowest BCUT2D eigenvalue weighted by Crippen LogP contribution is -2.68. The zero-order valence-electron chi connectivity index (χ0n) is 44.6. The number of ether oxygens (including phenoxy) is 9. The van der Waals surface area contributed by atoms with Crippen molar-refractivity contribution < 1.29 is 108 Å². The summed E-state index contributed by atoms with van der Waals surface area (Å²) in [4.78, 5) is 27.9. The minimum Gasteiger partial charge on any atom is -0.467 e. The number of hydrogen-bond donors (Lipinski definition) is 11. The number of aliphatic hydroxyl groups excluding tert-OH is 10. The predicted molar refractivity (Wildman–Crippen MR) is 256 cm³/mol. The van der Waals surface area contributed by atoms with E-state index in [9.17, 15) is 61.0 Å². The van der Waals surface area contributed by atoms with Gasteiger partial charge in [0.15, 0.2) is 31.1 Å². The van der Waals surface area contributed by atoms with Crippen molar-refractivity contribution in [2.24, 2.45) is 50.2 Å². The van der Waals surface area contributed by atoms with Gasteiger partial charge in [-0.05, 0) is 110 Å². The number of esters is 2. The van der Waals surface area contributed by atoms with Crippen molar-refractivity contribution in [1.29, 1.82) is 0 Å². The fourth-order valence-corrected chi connectivity index (χ4v) is 16.1. The fraction of sp³-hybridized carbons (Fsp3) is 0.925. The number of aliphatic hydroxyl groups is 11. The second-order valence-electron chi connectivity index (χ2n) is 25.8. The molecule has 75 heavy (non-hydrogen) atoms. The molecule has 4 aliphatic heterocycles. The Morgan fingerprint density at radius 3 is 2.05 bits per heavy atom. The van der Waals surface area contributed by atoms with Gasteiger partial charge in [-0.2, -0.15) is 0 Å². The Hall–Kier alpha value is -2.04. The van der Waals surface area contributed by atoms with E-state index < -0.39 is 170 Å². The molecule has 11 N–H and O–H groups in total. The van der Waals surface area contributed by atoms with Crippen molar-refractivity contribution in [2.45, 2.75) is 229 Å². The van der Waals surface area contributed by atoms with Gasteiger partial charge in [0.1, 0.15) is 66.0 Å². The van der Waals surface area contributed by atoms with E-state index >= 15 is 4.79 Å². The minimum atomic E-state index is -2.07. The number of fused-ring (bicyclic) bond motifs is 7. The highest BCUT2D eigenvalue weighted by Crippen LogP contribution is 2.76. The molecule has 0 aromatic rings. The van der Waals surface area contributed by atoms with Crippen LogP contribution < -0.4 is 0 Å². The first kappa shape index (κ1) is 57.6. The van der Waals surface area contributed by atoms with Crippen molar-refractivity contribution in [3.8, 4) is 0 Å². The van der Waals surface area contributed by atoms with E-state index in [1.54, 1.807) is 0 Å². The van der Waals surface area contributed by atoms with Crippen molar-refractivity contribution in [1.82, 2.24) is 0 Å². The average Bonchev–Trinajstić information content (AvgIpc) is 3.63. The van der Waals surface area contributed by atoms with Crippen molar-refractivity contribution in [3.05, 3.63) is 11.6 Å². The maximum atomic E-state index is 15.3. The van der Waals surface area contributed by atoms with Crippen LogP contribution in [-0.2, 0) is 52.2 Å². The second kappa shape index (κ2) is 20.2. The van der Waals surface area contributed by atoms with E-state index in [1.165, 1.54) is 6.92 Å². The van der Waals surface area contributed by atoms with Gasteiger partial charge in [-0.3, -0.25) is 4.79 Å². The maximum absolute atomic E-state index is 15.3. The molecular formula is C53H84O22. The molecule has 0 aromatic carbocycles. The number of allylic oxidation sites excluding steroid dienone is 2. The van der Waals surface area contributed by atoms with Crippen LogP contribution in [0.4, 0.5) is 0 Å². The zero-order valence-corrected chi connectivity index (χ0v) is 44.6. The highest BCUT2D eigenvalue weighted by Gasteiger charge is 2.72. The molecule has 8 fully saturated rings. The van der Waals surface area contributed by atoms with Crippen molar-refractivity contribution in [3.63, 3.8) is 0 Å². The number of hydrogen-bond acceptors (Lipinski definition) is 22. The molecule has 428 valence electrons. The number of carbonyl (C=O) groups is 2. The van der Waals surface area contributed by atoms with Crippen LogP contribution >= 0.6 is 0 Å². The topological polar surface area (TPSA) is 340 Å². The molecule has 0 amide bonds. The smallest absolute Gasteiger partial charge is 0.337 e. The molecule has 26 atom stereocenters. The van der Waals surface area contributed by atoms with Crippen LogP contribution in [-0.4, -0.2) is 211 Å². The number of carbonyl (C=O) groups excluding carboxylic acids is 2. The van der Waals surface area contributed by atoms with Gasteiger partial charge in [0, 0.05) is 0 Å². The summed E-state index contributed by atoms with van der Waals surface area (Å²) >= 11 is 0. The van der Waals surface area contributed by atoms with E-state index in [2.05, 4.69) is 54.5 Å². The van der Waals surface area contributed by atoms with Gasteiger partial charge in [0.2, 0.25) is 6.29 Å². The van der Waals surface area contributed by atoms with Gasteiger partial charge in [-0.15, -0.1) is 0 Å². The van der Waals surface area contributed by atoms with Gasteiger partial charge < -0.3 is 98.8 Å². The minimum absolute atomic E-state index is 0.109. The van der Waals surface area contributed by atoms with E-state index in [-0.39, 0.29) is 40.9 Å². The molecular weight excluding hydrogens is 989 g/mol. The Morgan fingerprint density at radius 1 is 0.707 bits per heavy atom. The van der Waals surface area contributed by atoms with Crippen LogP contribution in [0.5, 0.6) is 0 Å². The summed E-state index contributed by atoms with van der Waals surface area (Å²) in [7, 11) is 1.14. The van der Waals surface area contributed by atoms with E-state index in [1.807, 2.05) is 0 Å². The first-order valence-electron chi connectivity index (χ1n) is 26.9. The average molecular weight is 1070 g/mol. The molecule has 9 rings (SSSR count). The lowest BCUT2D eigenvalue weighted by atomic mass is 9.33. The standard InChI is InChI=1S/C53H84O22/c1-23-31(57)37(72-45-40(63)52(66,21-54)22-69-45)36(62)43(70-23)74-39-32(58)26(55)20-68-44(39)75-46(65)53-17-16-47(2,3)18-25(53)24-10-11-28-49(6)14-13-30(71-42-35(61)33(59)34(60)38(73-42)41(64)67-9)48(4,5)27(49)12-15-50(28,7)51(24,8)19-29(53)56/h10,23,25-40,42-45,54-63,66H,11-22H2,1-9H3/t23-,25-,26-,27-,28+,29+,30-,31-,32-,33-,34-,35+,36+,37+,38-,39+,40+,42+,43-,44-,45-,49-,50+,51+,52+,53+/m0/s1. The Balaban J connectivity index is 0.958. The highest BCUT2D eigenvalue weighted by atomic mass is 16.8. The Labute approximate surface area is 437 Å². The maximum Gasteiger partial charge on any atom is 0.337 e. The summed E-state index contributed by atoms with van der Waals surface area (Å²) in [5.74, 6) is -1.90. The first-order valence-corrected chi connectivity index (χ1v) is 26.9. The normalized spacial score (nSPS) is 53.3. The predicted octanol–water partition coefficient (Wildman–Crippen LogP) is -0.576. The lowest BCUT2D eigenvalue weighted by Gasteiger charge is -2.71. The number of rotatable bonds is 10. The van der Waals surface area contributed by atoms with Gasteiger partial charge in [-0.25, -0.2) is 4.79 Å². The summed E-state index contributed by atoms with van der Waals surface area (Å²) in [5.41, 5.74) is -4.35. The summed E-state index contributed by atoms with van der Waals surface area (Å²) < 4.78 is 52.4. The molecule has 9 aliphatic rings. The monoisotopic (exact) mass is 1070 g/mol. The van der Waals surface area contributed by atoms with Crippen LogP contribution in [0.25, 0.3) is 0 Å². The van der Waals surface area contributed by atoms with E-state index in [0.717, 1.165) is 31.9 Å². The molecule has 4 saturated carbocycles. The third kappa shape index (κ3) is 9.08. The molecule has 4 heterocycles. The third-order valence-electron chi connectivity index (χ3n) is 20.9. The van der Waals surface area contributed by atoms with Crippen LogP contribution in [0.15, 0.2) is 11.6 Å². The molecule has 5 aliphatic carbocycles. The van der Waals surface area contributed by atoms with Gasteiger partial charge in [-0.1, -0.05) is 60.1 Å². The zero-order chi connectivity index (χ0) is 54.9. The lowest BCUT2D eigenvalue weighted by molar-refractivity contribution is -0.362. The molecule has 0 radical (unpaired) electrons. The van der Waals surface area contributed by atoms with Crippen LogP contribution in [0.3, 0.4) is 0 Å². The summed E-state index contributed by atoms with van der Waals surface area (Å²) in [5, 5.41) is 121. The molecule has 0 aromatic heterocycles. The molecule has 0 bridgehead atoms.